The lowest BCUT2D eigenvalue weighted by Gasteiger charge is -2.34. The van der Waals surface area contributed by atoms with Crippen molar-refractivity contribution < 1.29 is 23.9 Å². The third kappa shape index (κ3) is 4.86. The van der Waals surface area contributed by atoms with Crippen molar-refractivity contribution in [1.82, 2.24) is 0 Å². The van der Waals surface area contributed by atoms with E-state index in [4.69, 9.17) is 9.47 Å². The summed E-state index contributed by atoms with van der Waals surface area (Å²) in [5.74, 6) is -1.33. The zero-order valence-electron chi connectivity index (χ0n) is 17.9. The van der Waals surface area contributed by atoms with Crippen LogP contribution in [0.2, 0.25) is 0 Å². The van der Waals surface area contributed by atoms with E-state index in [1.54, 1.807) is 12.1 Å². The molecule has 1 aliphatic heterocycles. The zero-order chi connectivity index (χ0) is 21.7. The predicted octanol–water partition coefficient (Wildman–Crippen LogP) is 4.53. The Balaban J connectivity index is 1.95. The molecule has 0 saturated carbocycles. The van der Waals surface area contributed by atoms with Crippen molar-refractivity contribution in [2.24, 2.45) is 10.9 Å². The second kappa shape index (κ2) is 9.83. The van der Waals surface area contributed by atoms with Crippen LogP contribution in [0.15, 0.2) is 40.5 Å². The molecule has 0 bridgehead atoms. The number of ketones is 1. The van der Waals surface area contributed by atoms with Crippen molar-refractivity contribution in [3.63, 3.8) is 0 Å². The molecule has 160 valence electrons. The van der Waals surface area contributed by atoms with Gasteiger partial charge in [0.1, 0.15) is 11.7 Å². The molecule has 3 rings (SSSR count). The topological polar surface area (TPSA) is 82.0 Å². The number of nitrogens with zero attached hydrogens (tertiary/aromatic N) is 1. The van der Waals surface area contributed by atoms with Crippen molar-refractivity contribution in [2.45, 2.75) is 65.2 Å². The molecule has 2 atom stereocenters. The van der Waals surface area contributed by atoms with Crippen LogP contribution >= 0.6 is 0 Å². The number of carbonyl (C=O) groups excluding carboxylic acids is 3. The summed E-state index contributed by atoms with van der Waals surface area (Å²) in [7, 11) is 0. The van der Waals surface area contributed by atoms with E-state index in [-0.39, 0.29) is 11.8 Å². The van der Waals surface area contributed by atoms with Crippen LogP contribution in [0.4, 0.5) is 0 Å². The Morgan fingerprint density at radius 1 is 1.13 bits per heavy atom. The van der Waals surface area contributed by atoms with Gasteiger partial charge in [-0.05, 0) is 43.9 Å². The largest absolute Gasteiger partial charge is 0.465 e. The number of hydrogen-bond donors (Lipinski definition) is 0. The molecule has 6 heteroatoms. The second-order valence-electron chi connectivity index (χ2n) is 7.88. The molecule has 6 nitrogen and oxygen atoms in total. The van der Waals surface area contributed by atoms with Gasteiger partial charge in [-0.15, -0.1) is 0 Å². The summed E-state index contributed by atoms with van der Waals surface area (Å²) in [4.78, 5) is 41.7. The highest BCUT2D eigenvalue weighted by Gasteiger charge is 2.43. The van der Waals surface area contributed by atoms with E-state index in [0.717, 1.165) is 43.4 Å². The Morgan fingerprint density at radius 2 is 1.87 bits per heavy atom. The minimum absolute atomic E-state index is 0.0466. The lowest BCUT2D eigenvalue weighted by molar-refractivity contribution is -0.146. The first-order chi connectivity index (χ1) is 14.4. The van der Waals surface area contributed by atoms with E-state index >= 15 is 0 Å². The number of rotatable bonds is 7. The fraction of sp³-hybridized carbons (Fsp3) is 0.500. The van der Waals surface area contributed by atoms with E-state index in [1.807, 2.05) is 19.1 Å². The number of benzene rings is 1. The molecular formula is C24H29NO5. The number of allylic oxidation sites excluding steroid dienone is 2. The highest BCUT2D eigenvalue weighted by molar-refractivity contribution is 6.08. The van der Waals surface area contributed by atoms with Crippen LogP contribution in [-0.2, 0) is 19.1 Å². The SMILES string of the molecule is CCCCCOC(=O)C1C(C)=NC2=C(C(=O)CCC2)[C@H]1c1ccc(OC(C)=O)cc1. The van der Waals surface area contributed by atoms with Crippen molar-refractivity contribution in [2.75, 3.05) is 6.61 Å². The van der Waals surface area contributed by atoms with Crippen molar-refractivity contribution in [1.29, 1.82) is 0 Å². The Bertz CT molecular complexity index is 881. The van der Waals surface area contributed by atoms with Crippen molar-refractivity contribution in [3.05, 3.63) is 41.1 Å². The van der Waals surface area contributed by atoms with Crippen LogP contribution in [0.25, 0.3) is 0 Å². The number of ether oxygens (including phenoxy) is 2. The maximum absolute atomic E-state index is 13.0. The molecule has 2 aliphatic rings. The molecule has 1 aromatic rings. The van der Waals surface area contributed by atoms with E-state index < -0.39 is 17.8 Å². The molecule has 0 radical (unpaired) electrons. The molecule has 0 spiro atoms. The van der Waals surface area contributed by atoms with E-state index in [1.165, 1.54) is 6.92 Å². The molecule has 1 aliphatic carbocycles. The summed E-state index contributed by atoms with van der Waals surface area (Å²) >= 11 is 0. The van der Waals surface area contributed by atoms with Gasteiger partial charge >= 0.3 is 11.9 Å². The van der Waals surface area contributed by atoms with Gasteiger partial charge in [0.05, 0.1) is 6.61 Å². The van der Waals surface area contributed by atoms with E-state index in [0.29, 0.717) is 30.1 Å². The van der Waals surface area contributed by atoms with Gasteiger partial charge < -0.3 is 9.47 Å². The van der Waals surface area contributed by atoms with Crippen LogP contribution in [0.3, 0.4) is 0 Å². The van der Waals surface area contributed by atoms with Gasteiger partial charge in [-0.2, -0.15) is 0 Å². The number of unbranched alkanes of at least 4 members (excludes halogenated alkanes) is 2. The van der Waals surface area contributed by atoms with Gasteiger partial charge in [0, 0.05) is 36.2 Å². The Morgan fingerprint density at radius 3 is 2.53 bits per heavy atom. The monoisotopic (exact) mass is 411 g/mol. The molecule has 0 N–H and O–H groups in total. The second-order valence-corrected chi connectivity index (χ2v) is 7.88. The summed E-state index contributed by atoms with van der Waals surface area (Å²) < 4.78 is 10.7. The summed E-state index contributed by atoms with van der Waals surface area (Å²) in [5, 5.41) is 0. The van der Waals surface area contributed by atoms with Crippen molar-refractivity contribution >= 4 is 23.4 Å². The Labute approximate surface area is 177 Å². The molecule has 0 aromatic heterocycles. The number of hydrogen-bond acceptors (Lipinski definition) is 6. The lowest BCUT2D eigenvalue weighted by atomic mass is 9.72. The Hall–Kier alpha value is -2.76. The predicted molar refractivity (Wildman–Crippen MR) is 113 cm³/mol. The summed E-state index contributed by atoms with van der Waals surface area (Å²) in [6, 6.07) is 7.00. The lowest BCUT2D eigenvalue weighted by Crippen LogP contribution is -2.37. The van der Waals surface area contributed by atoms with Crippen LogP contribution in [0, 0.1) is 5.92 Å². The van der Waals surface area contributed by atoms with Gasteiger partial charge in [-0.1, -0.05) is 31.9 Å². The van der Waals surface area contributed by atoms with Crippen molar-refractivity contribution in [3.8, 4) is 5.75 Å². The van der Waals surface area contributed by atoms with Gasteiger partial charge in [-0.25, -0.2) is 0 Å². The molecule has 1 unspecified atom stereocenters. The molecule has 0 fully saturated rings. The number of aliphatic imine (C=N–C) groups is 1. The maximum atomic E-state index is 13.0. The van der Waals surface area contributed by atoms with E-state index in [9.17, 15) is 14.4 Å². The van der Waals surface area contributed by atoms with Crippen LogP contribution in [0.5, 0.6) is 5.75 Å². The number of Topliss-reactive ketones (excluding diaryl/α,β-unsaturated/α-hetero) is 1. The molecule has 1 heterocycles. The first-order valence-corrected chi connectivity index (χ1v) is 10.7. The van der Waals surface area contributed by atoms with Gasteiger partial charge in [0.25, 0.3) is 0 Å². The molecule has 30 heavy (non-hydrogen) atoms. The van der Waals surface area contributed by atoms with Crippen LogP contribution in [0.1, 0.15) is 70.8 Å². The minimum atomic E-state index is -0.632. The summed E-state index contributed by atoms with van der Waals surface area (Å²) in [6.45, 7) is 5.64. The smallest absolute Gasteiger partial charge is 0.315 e. The molecule has 0 saturated heterocycles. The summed E-state index contributed by atoms with van der Waals surface area (Å²) in [5.41, 5.74) is 2.91. The average Bonchev–Trinajstić information content (AvgIpc) is 2.70. The number of carbonyl (C=O) groups is 3. The fourth-order valence-electron chi connectivity index (χ4n) is 4.20. The van der Waals surface area contributed by atoms with Gasteiger partial charge in [-0.3, -0.25) is 19.4 Å². The third-order valence-corrected chi connectivity index (χ3v) is 5.58. The van der Waals surface area contributed by atoms with Gasteiger partial charge in [0.2, 0.25) is 0 Å². The summed E-state index contributed by atoms with van der Waals surface area (Å²) in [6.07, 6.45) is 4.84. The van der Waals surface area contributed by atoms with Crippen LogP contribution in [-0.4, -0.2) is 30.0 Å². The zero-order valence-corrected chi connectivity index (χ0v) is 17.9. The number of esters is 2. The Kier molecular flexibility index (Phi) is 7.19. The third-order valence-electron chi connectivity index (χ3n) is 5.58. The minimum Gasteiger partial charge on any atom is -0.465 e. The molecular weight excluding hydrogens is 382 g/mol. The highest BCUT2D eigenvalue weighted by Crippen LogP contribution is 2.43. The first kappa shape index (κ1) is 21.9. The first-order valence-electron chi connectivity index (χ1n) is 10.7. The van der Waals surface area contributed by atoms with E-state index in [2.05, 4.69) is 11.9 Å². The standard InChI is InChI=1S/C24H29NO5/c1-4-5-6-14-29-24(28)21-15(2)25-19-8-7-9-20(27)23(19)22(21)17-10-12-18(13-11-17)30-16(3)26/h10-13,21-22H,4-9,14H2,1-3H3/t21?,22-/m0/s1. The van der Waals surface area contributed by atoms with Gasteiger partial charge in [0.15, 0.2) is 5.78 Å². The fourth-order valence-corrected chi connectivity index (χ4v) is 4.20. The molecule has 0 amide bonds. The van der Waals surface area contributed by atoms with Crippen LogP contribution < -0.4 is 4.74 Å². The maximum Gasteiger partial charge on any atom is 0.315 e. The normalized spacial score (nSPS) is 21.0. The molecule has 1 aromatic carbocycles. The quantitative estimate of drug-likeness (QED) is 0.374. The average molecular weight is 411 g/mol. The highest BCUT2D eigenvalue weighted by atomic mass is 16.5.